The monoisotopic (exact) mass is 648 g/mol. The molecule has 0 spiro atoms. The summed E-state index contributed by atoms with van der Waals surface area (Å²) in [6, 6.07) is 23.1. The topological polar surface area (TPSA) is 25.8 Å². The van der Waals surface area contributed by atoms with Crippen molar-refractivity contribution in [2.75, 3.05) is 0 Å². The van der Waals surface area contributed by atoms with Crippen molar-refractivity contribution < 1.29 is 0 Å². The summed E-state index contributed by atoms with van der Waals surface area (Å²) < 4.78 is 0. The lowest BCUT2D eigenvalue weighted by Crippen LogP contribution is -2.11. The second-order valence-corrected chi connectivity index (χ2v) is 13.4. The zero-order valence-corrected chi connectivity index (χ0v) is 29.0. The van der Waals surface area contributed by atoms with Crippen molar-refractivity contribution in [1.82, 2.24) is 9.97 Å². The van der Waals surface area contributed by atoms with Crippen LogP contribution in [0, 0.1) is 5.92 Å². The molecule has 2 aromatic carbocycles. The van der Waals surface area contributed by atoms with Crippen LogP contribution in [-0.4, -0.2) is 9.97 Å². The van der Waals surface area contributed by atoms with Crippen molar-refractivity contribution in [3.8, 4) is 22.5 Å². The van der Waals surface area contributed by atoms with Crippen LogP contribution < -0.4 is 0 Å². The molecule has 50 heavy (non-hydrogen) atoms. The summed E-state index contributed by atoms with van der Waals surface area (Å²) in [7, 11) is 0. The van der Waals surface area contributed by atoms with Gasteiger partial charge in [-0.3, -0.25) is 9.97 Å². The predicted octanol–water partition coefficient (Wildman–Crippen LogP) is 12.2. The van der Waals surface area contributed by atoms with Gasteiger partial charge in [-0.25, -0.2) is 0 Å². The largest absolute Gasteiger partial charge is 0.256 e. The van der Waals surface area contributed by atoms with Crippen LogP contribution in [0.4, 0.5) is 0 Å². The molecular formula is C48H44N2. The standard InChI is InChI=1S/C48H44N2/c1-5-39-34(4)41(25-11-10-22-35-20-8-7-9-21-35)48-46(44-27-13-15-29-50-44)42(40(6-2)45(47(39)48)43-26-12-14-28-49-43)32-38-31-36-23-16-18-33(3)19-17-24-37(38)30-36/h6-21,23-29,38-39H,2-5,22,30-32H2,1H3/b11-10-,18-16-,19-17-,36-23+,37-24+,41-25+. The Kier molecular flexibility index (Phi) is 9.80. The van der Waals surface area contributed by atoms with Crippen molar-refractivity contribution in [3.05, 3.63) is 204 Å². The third-order valence-corrected chi connectivity index (χ3v) is 10.3. The fourth-order valence-corrected chi connectivity index (χ4v) is 7.99. The van der Waals surface area contributed by atoms with Crippen LogP contribution in [-0.2, 0) is 12.8 Å². The van der Waals surface area contributed by atoms with Crippen LogP contribution in [0.5, 0.6) is 0 Å². The molecule has 3 aliphatic rings. The fraction of sp³-hybridized carbons (Fsp3) is 0.167. The zero-order valence-electron chi connectivity index (χ0n) is 29.0. The summed E-state index contributed by atoms with van der Waals surface area (Å²) in [5, 5.41) is 0. The Bertz CT molecular complexity index is 2120. The van der Waals surface area contributed by atoms with Crippen molar-refractivity contribution in [1.29, 1.82) is 0 Å². The molecule has 2 atom stereocenters. The van der Waals surface area contributed by atoms with E-state index < -0.39 is 0 Å². The first kappa shape index (κ1) is 32.9. The maximum atomic E-state index is 5.03. The van der Waals surface area contributed by atoms with E-state index in [2.05, 4.69) is 135 Å². The van der Waals surface area contributed by atoms with Gasteiger partial charge < -0.3 is 0 Å². The highest BCUT2D eigenvalue weighted by molar-refractivity contribution is 6.02. The summed E-state index contributed by atoms with van der Waals surface area (Å²) in [4.78, 5) is 10.0. The van der Waals surface area contributed by atoms with E-state index in [1.165, 1.54) is 50.1 Å². The van der Waals surface area contributed by atoms with Gasteiger partial charge in [0.05, 0.1) is 11.4 Å². The number of aromatic nitrogens is 2. The molecule has 0 saturated heterocycles. The molecule has 1 fully saturated rings. The molecule has 0 amide bonds. The maximum Gasteiger partial charge on any atom is 0.0711 e. The van der Waals surface area contributed by atoms with Gasteiger partial charge in [0.1, 0.15) is 0 Å². The Balaban J connectivity index is 1.49. The molecular weight excluding hydrogens is 605 g/mol. The summed E-state index contributed by atoms with van der Waals surface area (Å²) in [5.41, 5.74) is 16.8. The minimum absolute atomic E-state index is 0.147. The predicted molar refractivity (Wildman–Crippen MR) is 212 cm³/mol. The number of pyridine rings is 2. The molecule has 2 bridgehead atoms. The normalized spacial score (nSPS) is 22.5. The molecule has 246 valence electrons. The Morgan fingerprint density at radius 1 is 0.820 bits per heavy atom. The van der Waals surface area contributed by atoms with Gasteiger partial charge in [-0.05, 0) is 107 Å². The van der Waals surface area contributed by atoms with Gasteiger partial charge >= 0.3 is 0 Å². The average Bonchev–Trinajstić information content (AvgIpc) is 3.65. The van der Waals surface area contributed by atoms with Crippen LogP contribution in [0.3, 0.4) is 0 Å². The highest BCUT2D eigenvalue weighted by Crippen LogP contribution is 2.56. The number of fused-ring (bicyclic) bond motifs is 3. The van der Waals surface area contributed by atoms with E-state index in [-0.39, 0.29) is 5.92 Å². The second-order valence-electron chi connectivity index (χ2n) is 13.4. The number of allylic oxidation sites excluding steroid dienone is 14. The number of nitrogens with zero attached hydrogens (tertiary/aromatic N) is 2. The molecule has 2 heterocycles. The molecule has 0 aliphatic heterocycles. The first-order valence-electron chi connectivity index (χ1n) is 17.8. The molecule has 4 aromatic rings. The van der Waals surface area contributed by atoms with E-state index in [0.29, 0.717) is 5.92 Å². The average molecular weight is 649 g/mol. The zero-order chi connectivity index (χ0) is 34.5. The van der Waals surface area contributed by atoms with Crippen molar-refractivity contribution >= 4 is 11.6 Å². The highest BCUT2D eigenvalue weighted by Gasteiger charge is 2.38. The van der Waals surface area contributed by atoms with Crippen LogP contribution in [0.15, 0.2) is 176 Å². The van der Waals surface area contributed by atoms with Crippen LogP contribution in [0.25, 0.3) is 34.2 Å². The van der Waals surface area contributed by atoms with E-state index in [9.17, 15) is 0 Å². The van der Waals surface area contributed by atoms with Gasteiger partial charge in [-0.15, -0.1) is 0 Å². The molecule has 2 nitrogen and oxygen atoms in total. The number of rotatable bonds is 9. The molecule has 1 saturated carbocycles. The lowest BCUT2D eigenvalue weighted by Gasteiger charge is -2.26. The molecule has 3 aliphatic carbocycles. The van der Waals surface area contributed by atoms with Gasteiger partial charge in [0.25, 0.3) is 0 Å². The molecule has 2 heteroatoms. The highest BCUT2D eigenvalue weighted by atomic mass is 14.7. The van der Waals surface area contributed by atoms with E-state index in [1.54, 1.807) is 0 Å². The minimum atomic E-state index is 0.147. The number of hydrogen-bond acceptors (Lipinski definition) is 2. The number of hydrogen-bond donors (Lipinski definition) is 0. The Morgan fingerprint density at radius 2 is 1.52 bits per heavy atom. The van der Waals surface area contributed by atoms with E-state index in [4.69, 9.17) is 16.5 Å². The first-order valence-corrected chi connectivity index (χ1v) is 17.8. The molecule has 2 unspecified atom stereocenters. The van der Waals surface area contributed by atoms with Gasteiger partial charge in [-0.1, -0.05) is 141 Å². The van der Waals surface area contributed by atoms with Crippen molar-refractivity contribution in [2.45, 2.75) is 44.9 Å². The quantitative estimate of drug-likeness (QED) is 0.180. The van der Waals surface area contributed by atoms with E-state index in [0.717, 1.165) is 60.2 Å². The first-order chi connectivity index (χ1) is 24.6. The van der Waals surface area contributed by atoms with Crippen molar-refractivity contribution in [2.24, 2.45) is 5.92 Å². The maximum absolute atomic E-state index is 5.03. The van der Waals surface area contributed by atoms with Gasteiger partial charge in [0, 0.05) is 29.4 Å². The smallest absolute Gasteiger partial charge is 0.0711 e. The molecule has 2 aromatic heterocycles. The second kappa shape index (κ2) is 14.9. The molecule has 0 N–H and O–H groups in total. The SMILES string of the molecule is C=Cc1c(CC2C/C3=C/C=C\C(=C)/C=C\C=C\2C3)c(-c2ccccn2)c2c(c1-c1ccccn1)C(CC)C(=C)/C2=C\C=C/Cc1ccccc1. The lowest BCUT2D eigenvalue weighted by atomic mass is 9.78. The Labute approximate surface area is 297 Å². The minimum Gasteiger partial charge on any atom is -0.256 e. The van der Waals surface area contributed by atoms with Crippen LogP contribution in [0.2, 0.25) is 0 Å². The Hall–Kier alpha value is -5.60. The third kappa shape index (κ3) is 6.54. The lowest BCUT2D eigenvalue weighted by molar-refractivity contribution is 0.652. The molecule has 7 rings (SSSR count). The van der Waals surface area contributed by atoms with Crippen molar-refractivity contribution in [3.63, 3.8) is 0 Å². The number of benzene rings is 2. The van der Waals surface area contributed by atoms with Crippen LogP contribution >= 0.6 is 0 Å². The summed E-state index contributed by atoms with van der Waals surface area (Å²) >= 11 is 0. The summed E-state index contributed by atoms with van der Waals surface area (Å²) in [6.45, 7) is 15.7. The van der Waals surface area contributed by atoms with Gasteiger partial charge in [0.15, 0.2) is 0 Å². The molecule has 0 radical (unpaired) electrons. The van der Waals surface area contributed by atoms with Gasteiger partial charge in [-0.2, -0.15) is 0 Å². The summed E-state index contributed by atoms with van der Waals surface area (Å²) in [5.74, 6) is 0.486. The van der Waals surface area contributed by atoms with Gasteiger partial charge in [0.2, 0.25) is 0 Å². The van der Waals surface area contributed by atoms with E-state index in [1.807, 2.05) is 24.5 Å². The Morgan fingerprint density at radius 3 is 2.20 bits per heavy atom. The van der Waals surface area contributed by atoms with E-state index >= 15 is 0 Å². The third-order valence-electron chi connectivity index (χ3n) is 10.3. The summed E-state index contributed by atoms with van der Waals surface area (Å²) in [6.07, 6.45) is 30.4. The van der Waals surface area contributed by atoms with Crippen LogP contribution in [0.1, 0.15) is 59.9 Å². The fourth-order valence-electron chi connectivity index (χ4n) is 7.99.